The molecule has 0 aromatic carbocycles. The minimum absolute atomic E-state index is 0. The molecule has 2 N–H and O–H groups in total. The van der Waals surface area contributed by atoms with E-state index < -0.39 is 0 Å². The van der Waals surface area contributed by atoms with E-state index in [9.17, 15) is 5.11 Å². The van der Waals surface area contributed by atoms with Crippen molar-refractivity contribution in [3.05, 3.63) is 11.8 Å². The van der Waals surface area contributed by atoms with E-state index in [4.69, 9.17) is 5.73 Å². The molecule has 4 nitrogen and oxygen atoms in total. The molecule has 0 bridgehead atoms. The van der Waals surface area contributed by atoms with E-state index in [1.165, 1.54) is 6.07 Å². The number of rotatable bonds is 0. The van der Waals surface area contributed by atoms with Crippen LogP contribution in [0.1, 0.15) is 5.69 Å². The van der Waals surface area contributed by atoms with Crippen molar-refractivity contribution >= 4 is 5.95 Å². The third-order valence-corrected chi connectivity index (χ3v) is 0.848. The number of aromatic nitrogens is 2. The second kappa shape index (κ2) is 3.75. The van der Waals surface area contributed by atoms with Gasteiger partial charge >= 0.3 is 29.6 Å². The van der Waals surface area contributed by atoms with Gasteiger partial charge in [-0.1, -0.05) is 0 Å². The minimum Gasteiger partial charge on any atom is -0.858 e. The van der Waals surface area contributed by atoms with Crippen LogP contribution in [0.4, 0.5) is 5.95 Å². The molecule has 1 aromatic rings. The number of nitrogen functional groups attached to an aromatic ring is 1. The molecule has 1 aromatic heterocycles. The van der Waals surface area contributed by atoms with Crippen LogP contribution in [0.5, 0.6) is 5.88 Å². The molecule has 0 fully saturated rings. The van der Waals surface area contributed by atoms with Gasteiger partial charge in [-0.15, -0.1) is 0 Å². The van der Waals surface area contributed by atoms with Gasteiger partial charge in [-0.25, -0.2) is 9.97 Å². The molecule has 0 aliphatic rings. The molecule has 1 heterocycles. The largest absolute Gasteiger partial charge is 1.00 e. The Kier molecular flexibility index (Phi) is 3.63. The van der Waals surface area contributed by atoms with Crippen LogP contribution in [0.25, 0.3) is 0 Å². The van der Waals surface area contributed by atoms with Crippen LogP contribution >= 0.6 is 0 Å². The van der Waals surface area contributed by atoms with E-state index in [1.54, 1.807) is 6.92 Å². The van der Waals surface area contributed by atoms with Gasteiger partial charge in [-0.3, -0.25) is 0 Å². The predicted octanol–water partition coefficient (Wildman–Crippen LogP) is -3.56. The maximum absolute atomic E-state index is 10.5. The zero-order valence-corrected chi connectivity index (χ0v) is 7.96. The van der Waals surface area contributed by atoms with Gasteiger partial charge < -0.3 is 10.8 Å². The zero-order valence-electron chi connectivity index (χ0n) is 5.96. The summed E-state index contributed by atoms with van der Waals surface area (Å²) in [7, 11) is 0. The molecule has 0 aliphatic carbocycles. The molecular weight excluding hydrogens is 141 g/mol. The molecule has 0 aliphatic heterocycles. The first kappa shape index (κ1) is 9.68. The van der Waals surface area contributed by atoms with E-state index >= 15 is 0 Å². The van der Waals surface area contributed by atoms with Crippen LogP contribution in [-0.4, -0.2) is 9.97 Å². The summed E-state index contributed by atoms with van der Waals surface area (Å²) < 4.78 is 0. The van der Waals surface area contributed by atoms with Crippen molar-refractivity contribution in [2.24, 2.45) is 0 Å². The van der Waals surface area contributed by atoms with Gasteiger partial charge in [0.1, 0.15) is 0 Å². The van der Waals surface area contributed by atoms with Crippen LogP contribution in [0.15, 0.2) is 6.07 Å². The molecule has 5 heteroatoms. The van der Waals surface area contributed by atoms with Gasteiger partial charge in [0.05, 0.1) is 0 Å². The van der Waals surface area contributed by atoms with Crippen molar-refractivity contribution < 1.29 is 34.7 Å². The Bertz CT molecular complexity index is 178. The fraction of sp³-hybridized carbons (Fsp3) is 0.200. The molecule has 0 amide bonds. The Morgan fingerprint density at radius 2 is 2.10 bits per heavy atom. The second-order valence-electron chi connectivity index (χ2n) is 1.71. The number of hydrogen-bond donors (Lipinski definition) is 1. The summed E-state index contributed by atoms with van der Waals surface area (Å²) in [6.07, 6.45) is 0. The van der Waals surface area contributed by atoms with Gasteiger partial charge in [0.15, 0.2) is 0 Å². The molecule has 0 spiro atoms. The van der Waals surface area contributed by atoms with Crippen molar-refractivity contribution in [2.45, 2.75) is 6.92 Å². The van der Waals surface area contributed by atoms with E-state index in [-0.39, 0.29) is 41.4 Å². The first-order valence-corrected chi connectivity index (χ1v) is 2.46. The smallest absolute Gasteiger partial charge is 0.858 e. The van der Waals surface area contributed by atoms with Crippen LogP contribution in [0.3, 0.4) is 0 Å². The number of hydrogen-bond acceptors (Lipinski definition) is 4. The van der Waals surface area contributed by atoms with E-state index in [2.05, 4.69) is 9.97 Å². The second-order valence-corrected chi connectivity index (χ2v) is 1.71. The summed E-state index contributed by atoms with van der Waals surface area (Å²) in [5.74, 6) is -0.292. The first-order chi connectivity index (χ1) is 4.18. The standard InChI is InChI=1S/C5H7N3O.Na/c1-3-2-4(9)8-5(6)7-3;/h2H,1H3,(H3,6,7,8,9);/q;+1/p-1. The molecular formula is C5H6N3NaO. The molecule has 0 saturated carbocycles. The summed E-state index contributed by atoms with van der Waals surface area (Å²) in [5.41, 5.74) is 5.74. The SMILES string of the molecule is Cc1cc([O-])nc(N)n1.[Na+]. The van der Waals surface area contributed by atoms with Crippen molar-refractivity contribution in [1.29, 1.82) is 0 Å². The summed E-state index contributed by atoms with van der Waals surface area (Å²) in [6.45, 7) is 1.69. The monoisotopic (exact) mass is 147 g/mol. The van der Waals surface area contributed by atoms with E-state index in [0.717, 1.165) is 0 Å². The molecule has 1 rings (SSSR count). The predicted molar refractivity (Wildman–Crippen MR) is 30.6 cm³/mol. The molecule has 10 heavy (non-hydrogen) atoms. The van der Waals surface area contributed by atoms with Crippen LogP contribution in [-0.2, 0) is 0 Å². The molecule has 0 saturated heterocycles. The first-order valence-electron chi connectivity index (χ1n) is 2.46. The maximum Gasteiger partial charge on any atom is 1.00 e. The maximum atomic E-state index is 10.5. The molecule has 0 atom stereocenters. The van der Waals surface area contributed by atoms with Crippen LogP contribution in [0.2, 0.25) is 0 Å². The van der Waals surface area contributed by atoms with Crippen molar-refractivity contribution in [3.63, 3.8) is 0 Å². The average molecular weight is 147 g/mol. The Labute approximate surface area is 80.8 Å². The summed E-state index contributed by atoms with van der Waals surface area (Å²) in [6, 6.07) is 1.33. The zero-order chi connectivity index (χ0) is 6.85. The molecule has 0 unspecified atom stereocenters. The summed E-state index contributed by atoms with van der Waals surface area (Å²) in [4.78, 5) is 7.05. The number of nitrogens with zero attached hydrogens (tertiary/aromatic N) is 2. The fourth-order valence-electron chi connectivity index (χ4n) is 0.562. The van der Waals surface area contributed by atoms with Gasteiger partial charge in [-0.2, -0.15) is 0 Å². The number of anilines is 1. The van der Waals surface area contributed by atoms with Gasteiger partial charge in [0.25, 0.3) is 0 Å². The quantitative estimate of drug-likeness (QED) is 0.385. The van der Waals surface area contributed by atoms with E-state index in [1.807, 2.05) is 0 Å². The number of nitrogens with two attached hydrogens (primary N) is 1. The van der Waals surface area contributed by atoms with Gasteiger partial charge in [-0.05, 0) is 18.9 Å². The Hall–Kier alpha value is -0.320. The molecule has 48 valence electrons. The van der Waals surface area contributed by atoms with Crippen molar-refractivity contribution in [2.75, 3.05) is 5.73 Å². The van der Waals surface area contributed by atoms with E-state index in [0.29, 0.717) is 5.69 Å². The van der Waals surface area contributed by atoms with Crippen LogP contribution < -0.4 is 40.4 Å². The average Bonchev–Trinajstić information content (AvgIpc) is 1.59. The van der Waals surface area contributed by atoms with Gasteiger partial charge in [0.2, 0.25) is 5.95 Å². The third-order valence-electron chi connectivity index (χ3n) is 0.848. The van der Waals surface area contributed by atoms with Crippen molar-refractivity contribution in [1.82, 2.24) is 9.97 Å². The summed E-state index contributed by atoms with van der Waals surface area (Å²) >= 11 is 0. The molecule has 0 radical (unpaired) electrons. The third kappa shape index (κ3) is 2.51. The van der Waals surface area contributed by atoms with Gasteiger partial charge in [0, 0.05) is 5.69 Å². The Balaban J connectivity index is 0.000000810. The van der Waals surface area contributed by atoms with Crippen LogP contribution in [0, 0.1) is 6.92 Å². The number of aryl methyl sites for hydroxylation is 1. The van der Waals surface area contributed by atoms with Crippen molar-refractivity contribution in [3.8, 4) is 5.88 Å². The Morgan fingerprint density at radius 1 is 1.50 bits per heavy atom. The Morgan fingerprint density at radius 3 is 2.50 bits per heavy atom. The minimum atomic E-state index is -0.333. The normalized spacial score (nSPS) is 8.50. The summed E-state index contributed by atoms with van der Waals surface area (Å²) in [5, 5.41) is 10.5. The fourth-order valence-corrected chi connectivity index (χ4v) is 0.562. The topological polar surface area (TPSA) is 74.9 Å².